The Kier molecular flexibility index (Phi) is 8.46. The molecule has 5 nitrogen and oxygen atoms in total. The van der Waals surface area contributed by atoms with Crippen LogP contribution in [0.25, 0.3) is 0 Å². The summed E-state index contributed by atoms with van der Waals surface area (Å²) in [6, 6.07) is 14.4. The van der Waals surface area contributed by atoms with Crippen molar-refractivity contribution in [1.29, 1.82) is 0 Å². The summed E-state index contributed by atoms with van der Waals surface area (Å²) in [5.74, 6) is 0.402. The number of benzene rings is 2. The van der Waals surface area contributed by atoms with Crippen LogP contribution in [-0.2, 0) is 13.0 Å². The number of hydrogen-bond acceptors (Lipinski definition) is 2. The van der Waals surface area contributed by atoms with Gasteiger partial charge in [0.2, 0.25) is 0 Å². The second-order valence-electron chi connectivity index (χ2n) is 6.67. The predicted molar refractivity (Wildman–Crippen MR) is 112 cm³/mol. The number of nitrogens with one attached hydrogen (secondary N) is 3. The van der Waals surface area contributed by atoms with Crippen LogP contribution in [0.5, 0.6) is 0 Å². The molecule has 0 aromatic heterocycles. The zero-order chi connectivity index (χ0) is 20.4. The van der Waals surface area contributed by atoms with Crippen molar-refractivity contribution < 1.29 is 9.18 Å². The normalized spacial score (nSPS) is 12.4. The first kappa shape index (κ1) is 21.4. The Bertz CT molecular complexity index is 789. The molecule has 0 bridgehead atoms. The summed E-state index contributed by atoms with van der Waals surface area (Å²) in [5, 5.41) is 9.36. The van der Waals surface area contributed by atoms with Crippen LogP contribution in [0.15, 0.2) is 53.5 Å². The number of halogens is 1. The average Bonchev–Trinajstić information content (AvgIpc) is 2.72. The smallest absolute Gasteiger partial charge is 0.251 e. The second-order valence-corrected chi connectivity index (χ2v) is 6.67. The Balaban J connectivity index is 1.79. The molecule has 1 atom stereocenters. The molecule has 6 heteroatoms. The van der Waals surface area contributed by atoms with Gasteiger partial charge in [0, 0.05) is 31.7 Å². The summed E-state index contributed by atoms with van der Waals surface area (Å²) < 4.78 is 13.6. The minimum atomic E-state index is -0.190. The molecule has 0 aliphatic heterocycles. The molecule has 1 unspecified atom stereocenters. The highest BCUT2D eigenvalue weighted by molar-refractivity contribution is 5.94. The van der Waals surface area contributed by atoms with E-state index in [0.29, 0.717) is 36.6 Å². The summed E-state index contributed by atoms with van der Waals surface area (Å²) in [5.41, 5.74) is 2.37. The van der Waals surface area contributed by atoms with Crippen LogP contribution in [0, 0.1) is 5.82 Å². The van der Waals surface area contributed by atoms with Crippen LogP contribution >= 0.6 is 0 Å². The molecule has 28 heavy (non-hydrogen) atoms. The fourth-order valence-electron chi connectivity index (χ4n) is 2.61. The summed E-state index contributed by atoms with van der Waals surface area (Å²) in [6.07, 6.45) is 1.48. The van der Waals surface area contributed by atoms with E-state index in [2.05, 4.69) is 20.9 Å². The maximum absolute atomic E-state index is 13.6. The lowest BCUT2D eigenvalue weighted by Gasteiger charge is -2.13. The number of amides is 1. The van der Waals surface area contributed by atoms with Crippen LogP contribution < -0.4 is 16.0 Å². The Labute approximate surface area is 166 Å². The molecule has 2 rings (SSSR count). The van der Waals surface area contributed by atoms with Gasteiger partial charge in [-0.3, -0.25) is 9.79 Å². The molecule has 0 heterocycles. The SMILES string of the molecule is CCC(C)NC(=O)c1ccc(CNC(=NC)NCCc2ccccc2F)cc1. The van der Waals surface area contributed by atoms with E-state index in [1.165, 1.54) is 6.07 Å². The van der Waals surface area contributed by atoms with E-state index in [1.54, 1.807) is 19.2 Å². The minimum Gasteiger partial charge on any atom is -0.356 e. The third-order valence-electron chi connectivity index (χ3n) is 4.53. The number of nitrogens with zero attached hydrogens (tertiary/aromatic N) is 1. The highest BCUT2D eigenvalue weighted by Gasteiger charge is 2.08. The maximum atomic E-state index is 13.6. The first-order chi connectivity index (χ1) is 13.5. The molecular weight excluding hydrogens is 355 g/mol. The number of guanidine groups is 1. The molecular formula is C22H29FN4O. The van der Waals surface area contributed by atoms with Gasteiger partial charge in [-0.25, -0.2) is 4.39 Å². The van der Waals surface area contributed by atoms with Gasteiger partial charge in [0.1, 0.15) is 5.82 Å². The average molecular weight is 384 g/mol. The van der Waals surface area contributed by atoms with Gasteiger partial charge in [-0.15, -0.1) is 0 Å². The van der Waals surface area contributed by atoms with E-state index in [1.807, 2.05) is 44.2 Å². The molecule has 3 N–H and O–H groups in total. The standard InChI is InChI=1S/C22H29FN4O/c1-4-16(2)27-21(28)19-11-9-17(10-12-19)15-26-22(24-3)25-14-13-18-7-5-6-8-20(18)23/h5-12,16H,4,13-15H2,1-3H3,(H,27,28)(H2,24,25,26). The molecule has 0 fully saturated rings. The van der Waals surface area contributed by atoms with Gasteiger partial charge in [0.25, 0.3) is 5.91 Å². The fraction of sp³-hybridized carbons (Fsp3) is 0.364. The van der Waals surface area contributed by atoms with Gasteiger partial charge in [-0.2, -0.15) is 0 Å². The van der Waals surface area contributed by atoms with Crippen LogP contribution in [0.2, 0.25) is 0 Å². The van der Waals surface area contributed by atoms with Gasteiger partial charge in [0.05, 0.1) is 0 Å². The van der Waals surface area contributed by atoms with Gasteiger partial charge in [0.15, 0.2) is 5.96 Å². The van der Waals surface area contributed by atoms with E-state index in [9.17, 15) is 9.18 Å². The minimum absolute atomic E-state index is 0.0560. The molecule has 2 aromatic rings. The van der Waals surface area contributed by atoms with Gasteiger partial charge >= 0.3 is 0 Å². The molecule has 0 aliphatic rings. The lowest BCUT2D eigenvalue weighted by atomic mass is 10.1. The first-order valence-electron chi connectivity index (χ1n) is 9.61. The Hall–Kier alpha value is -2.89. The third kappa shape index (κ3) is 6.68. The number of carbonyl (C=O) groups excluding carboxylic acids is 1. The Morgan fingerprint density at radius 1 is 1.11 bits per heavy atom. The summed E-state index contributed by atoms with van der Waals surface area (Å²) in [6.45, 7) is 5.18. The maximum Gasteiger partial charge on any atom is 0.251 e. The van der Waals surface area contributed by atoms with Gasteiger partial charge in [-0.05, 0) is 49.1 Å². The lowest BCUT2D eigenvalue weighted by molar-refractivity contribution is 0.0939. The van der Waals surface area contributed by atoms with E-state index < -0.39 is 0 Å². The molecule has 0 aliphatic carbocycles. The van der Waals surface area contributed by atoms with Crippen LogP contribution in [0.1, 0.15) is 41.8 Å². The largest absolute Gasteiger partial charge is 0.356 e. The monoisotopic (exact) mass is 384 g/mol. The van der Waals surface area contributed by atoms with Crippen molar-refractivity contribution in [3.63, 3.8) is 0 Å². The Morgan fingerprint density at radius 3 is 2.46 bits per heavy atom. The first-order valence-corrected chi connectivity index (χ1v) is 9.61. The van der Waals surface area contributed by atoms with E-state index in [4.69, 9.17) is 0 Å². The molecule has 0 saturated heterocycles. The van der Waals surface area contributed by atoms with Crippen molar-refractivity contribution in [2.75, 3.05) is 13.6 Å². The van der Waals surface area contributed by atoms with Crippen molar-refractivity contribution in [2.24, 2.45) is 4.99 Å². The topological polar surface area (TPSA) is 65.5 Å². The van der Waals surface area contributed by atoms with Crippen molar-refractivity contribution in [2.45, 2.75) is 39.3 Å². The summed E-state index contributed by atoms with van der Waals surface area (Å²) >= 11 is 0. The number of aliphatic imine (C=N–C) groups is 1. The predicted octanol–water partition coefficient (Wildman–Crippen LogP) is 3.26. The van der Waals surface area contributed by atoms with E-state index in [0.717, 1.165) is 12.0 Å². The molecule has 0 spiro atoms. The number of hydrogen-bond donors (Lipinski definition) is 3. The van der Waals surface area contributed by atoms with Crippen molar-refractivity contribution in [1.82, 2.24) is 16.0 Å². The molecule has 0 radical (unpaired) electrons. The van der Waals surface area contributed by atoms with E-state index >= 15 is 0 Å². The quantitative estimate of drug-likeness (QED) is 0.483. The number of carbonyl (C=O) groups is 1. The van der Waals surface area contributed by atoms with Crippen LogP contribution in [-0.4, -0.2) is 31.5 Å². The summed E-state index contributed by atoms with van der Waals surface area (Å²) in [4.78, 5) is 16.3. The highest BCUT2D eigenvalue weighted by atomic mass is 19.1. The van der Waals surface area contributed by atoms with Crippen LogP contribution in [0.4, 0.5) is 4.39 Å². The second kappa shape index (κ2) is 11.1. The number of rotatable bonds is 8. The molecule has 150 valence electrons. The Morgan fingerprint density at radius 2 is 1.82 bits per heavy atom. The highest BCUT2D eigenvalue weighted by Crippen LogP contribution is 2.07. The molecule has 0 saturated carbocycles. The zero-order valence-corrected chi connectivity index (χ0v) is 16.8. The molecule has 2 aromatic carbocycles. The van der Waals surface area contributed by atoms with Crippen molar-refractivity contribution in [3.8, 4) is 0 Å². The van der Waals surface area contributed by atoms with Gasteiger partial charge < -0.3 is 16.0 Å². The van der Waals surface area contributed by atoms with Gasteiger partial charge in [-0.1, -0.05) is 37.3 Å². The summed E-state index contributed by atoms with van der Waals surface area (Å²) in [7, 11) is 1.70. The van der Waals surface area contributed by atoms with E-state index in [-0.39, 0.29) is 17.8 Å². The van der Waals surface area contributed by atoms with Crippen LogP contribution in [0.3, 0.4) is 0 Å². The fourth-order valence-corrected chi connectivity index (χ4v) is 2.61. The third-order valence-corrected chi connectivity index (χ3v) is 4.53. The van der Waals surface area contributed by atoms with Crippen molar-refractivity contribution >= 4 is 11.9 Å². The molecule has 1 amide bonds. The lowest BCUT2D eigenvalue weighted by Crippen LogP contribution is -2.38. The zero-order valence-electron chi connectivity index (χ0n) is 16.8. The van der Waals surface area contributed by atoms with Crippen molar-refractivity contribution in [3.05, 3.63) is 71.0 Å².